The number of nitrogens with one attached hydrogen (secondary N) is 2. The fourth-order valence-electron chi connectivity index (χ4n) is 3.00. The van der Waals surface area contributed by atoms with Crippen LogP contribution in [0.1, 0.15) is 24.2 Å². The van der Waals surface area contributed by atoms with E-state index in [-0.39, 0.29) is 52.8 Å². The zero-order valence-corrected chi connectivity index (χ0v) is 17.6. The lowest BCUT2D eigenvalue weighted by Gasteiger charge is -2.37. The van der Waals surface area contributed by atoms with Crippen molar-refractivity contribution in [3.05, 3.63) is 52.6 Å². The van der Waals surface area contributed by atoms with E-state index in [2.05, 4.69) is 10.6 Å². The van der Waals surface area contributed by atoms with Gasteiger partial charge in [0.2, 0.25) is 0 Å². The van der Waals surface area contributed by atoms with Crippen molar-refractivity contribution in [3.8, 4) is 5.75 Å². The number of anilines is 2. The van der Waals surface area contributed by atoms with E-state index in [0.29, 0.717) is 0 Å². The molecule has 0 unspecified atom stereocenters. The fourth-order valence-corrected chi connectivity index (χ4v) is 3.21. The maximum Gasteiger partial charge on any atom is 0.321 e. The molecule has 0 saturated carbocycles. The van der Waals surface area contributed by atoms with E-state index in [0.717, 1.165) is 12.1 Å². The molecule has 0 atom stereocenters. The topological polar surface area (TPSA) is 70.7 Å². The Morgan fingerprint density at radius 2 is 1.90 bits per heavy atom. The number of hydrogen-bond donors (Lipinski definition) is 2. The van der Waals surface area contributed by atoms with Crippen LogP contribution in [0.4, 0.5) is 29.3 Å². The molecule has 1 saturated heterocycles. The Hall–Kier alpha value is -2.94. The molecule has 1 aliphatic rings. The maximum absolute atomic E-state index is 14.7. The monoisotopic (exact) mass is 455 g/mol. The second kappa shape index (κ2) is 9.47. The third kappa shape index (κ3) is 5.22. The first-order valence-corrected chi connectivity index (χ1v) is 9.94. The van der Waals surface area contributed by atoms with Crippen LogP contribution in [0.5, 0.6) is 5.75 Å². The second-order valence-corrected chi connectivity index (χ2v) is 7.81. The first-order chi connectivity index (χ1) is 14.7. The number of benzene rings is 2. The lowest BCUT2D eigenvalue weighted by molar-refractivity contribution is 0.102. The quantitative estimate of drug-likeness (QED) is 0.637. The summed E-state index contributed by atoms with van der Waals surface area (Å²) in [5.41, 5.74) is -0.655. The van der Waals surface area contributed by atoms with Crippen LogP contribution in [0.2, 0.25) is 5.02 Å². The highest BCUT2D eigenvalue weighted by atomic mass is 35.5. The van der Waals surface area contributed by atoms with Crippen LogP contribution in [0, 0.1) is 17.6 Å². The van der Waals surface area contributed by atoms with Crippen LogP contribution in [0.15, 0.2) is 30.3 Å². The fraction of sp³-hybridized carbons (Fsp3) is 0.333. The molecule has 3 amide bonds. The summed E-state index contributed by atoms with van der Waals surface area (Å²) in [6.07, 6.45) is -0.377. The number of ether oxygens (including phenoxy) is 1. The first kappa shape index (κ1) is 22.7. The molecule has 3 rings (SSSR count). The zero-order valence-electron chi connectivity index (χ0n) is 16.8. The van der Waals surface area contributed by atoms with Crippen molar-refractivity contribution >= 4 is 34.9 Å². The van der Waals surface area contributed by atoms with Gasteiger partial charge in [-0.1, -0.05) is 17.7 Å². The van der Waals surface area contributed by atoms with Crippen LogP contribution < -0.4 is 15.4 Å². The van der Waals surface area contributed by atoms with Gasteiger partial charge in [0, 0.05) is 25.1 Å². The van der Waals surface area contributed by atoms with Gasteiger partial charge in [0.15, 0.2) is 0 Å². The van der Waals surface area contributed by atoms with Gasteiger partial charge in [0.1, 0.15) is 17.4 Å². The number of nitrogens with zero attached hydrogens (tertiary/aromatic N) is 1. The minimum absolute atomic E-state index is 0.0121. The van der Waals surface area contributed by atoms with Crippen molar-refractivity contribution in [2.24, 2.45) is 5.92 Å². The van der Waals surface area contributed by atoms with E-state index < -0.39 is 30.2 Å². The second-order valence-electron chi connectivity index (χ2n) is 7.40. The number of rotatable bonds is 6. The molecule has 1 fully saturated rings. The molecule has 10 heteroatoms. The van der Waals surface area contributed by atoms with Gasteiger partial charge in [-0.25, -0.2) is 13.6 Å². The predicted octanol–water partition coefficient (Wildman–Crippen LogP) is 5.09. The summed E-state index contributed by atoms with van der Waals surface area (Å²) in [5, 5.41) is 4.70. The molecule has 2 aromatic carbocycles. The van der Waals surface area contributed by atoms with Gasteiger partial charge in [-0.05, 0) is 32.0 Å². The van der Waals surface area contributed by atoms with E-state index in [1.54, 1.807) is 13.8 Å². The highest BCUT2D eigenvalue weighted by Crippen LogP contribution is 2.31. The summed E-state index contributed by atoms with van der Waals surface area (Å²) in [6, 6.07) is 5.37. The van der Waals surface area contributed by atoms with Crippen molar-refractivity contribution in [1.29, 1.82) is 0 Å². The normalized spacial score (nSPS) is 13.7. The van der Waals surface area contributed by atoms with Crippen molar-refractivity contribution in [2.75, 3.05) is 30.4 Å². The number of alkyl halides is 1. The highest BCUT2D eigenvalue weighted by Gasteiger charge is 2.31. The maximum atomic E-state index is 14.7. The lowest BCUT2D eigenvalue weighted by Crippen LogP contribution is -2.52. The number of carbonyl (C=O) groups excluding carboxylic acids is 2. The Bertz CT molecular complexity index is 977. The van der Waals surface area contributed by atoms with E-state index in [1.165, 1.54) is 23.1 Å². The van der Waals surface area contributed by atoms with Crippen molar-refractivity contribution in [2.45, 2.75) is 20.0 Å². The van der Waals surface area contributed by atoms with Crippen LogP contribution in [0.25, 0.3) is 0 Å². The highest BCUT2D eigenvalue weighted by molar-refractivity contribution is 6.34. The molecule has 0 spiro atoms. The van der Waals surface area contributed by atoms with E-state index in [4.69, 9.17) is 16.3 Å². The standard InChI is InChI=1S/C21H21ClF3N3O3/c1-11(2)31-18-7-17(26-21(30)28-9-12(8-23)10-28)16(25)6-13(18)20(29)27-19-14(22)4-3-5-15(19)24/h3-7,11-12H,8-10H2,1-2H3,(H,26,30)(H,27,29). The Morgan fingerprint density at radius 3 is 2.52 bits per heavy atom. The lowest BCUT2D eigenvalue weighted by atomic mass is 10.0. The van der Waals surface area contributed by atoms with Crippen LogP contribution in [0.3, 0.4) is 0 Å². The van der Waals surface area contributed by atoms with Gasteiger partial charge >= 0.3 is 6.03 Å². The first-order valence-electron chi connectivity index (χ1n) is 9.57. The van der Waals surface area contributed by atoms with Crippen molar-refractivity contribution in [1.82, 2.24) is 4.90 Å². The number of carbonyl (C=O) groups is 2. The van der Waals surface area contributed by atoms with Gasteiger partial charge in [-0.3, -0.25) is 9.18 Å². The molecule has 1 aliphatic heterocycles. The minimum atomic E-state index is -0.892. The average molecular weight is 456 g/mol. The Morgan fingerprint density at radius 1 is 1.19 bits per heavy atom. The smallest absolute Gasteiger partial charge is 0.321 e. The molecule has 6 nitrogen and oxygen atoms in total. The molecule has 31 heavy (non-hydrogen) atoms. The average Bonchev–Trinajstić information content (AvgIpc) is 2.65. The summed E-state index contributed by atoms with van der Waals surface area (Å²) in [7, 11) is 0. The molecule has 1 heterocycles. The molecule has 0 radical (unpaired) electrons. The van der Waals surface area contributed by atoms with Gasteiger partial charge in [-0.15, -0.1) is 0 Å². The zero-order chi connectivity index (χ0) is 22.7. The Kier molecular flexibility index (Phi) is 6.94. The van der Waals surface area contributed by atoms with Crippen LogP contribution in [-0.2, 0) is 0 Å². The molecule has 0 aliphatic carbocycles. The number of halogens is 4. The van der Waals surface area contributed by atoms with Crippen LogP contribution in [-0.4, -0.2) is 42.7 Å². The molecular weight excluding hydrogens is 435 g/mol. The molecule has 166 valence electrons. The summed E-state index contributed by atoms with van der Waals surface area (Å²) in [5.74, 6) is -2.71. The van der Waals surface area contributed by atoms with Crippen molar-refractivity contribution in [3.63, 3.8) is 0 Å². The third-order valence-electron chi connectivity index (χ3n) is 4.58. The number of para-hydroxylation sites is 1. The summed E-state index contributed by atoms with van der Waals surface area (Å²) in [6.45, 7) is 3.36. The molecule has 0 bridgehead atoms. The minimum Gasteiger partial charge on any atom is -0.490 e. The van der Waals surface area contributed by atoms with E-state index in [1.807, 2.05) is 0 Å². The van der Waals surface area contributed by atoms with E-state index in [9.17, 15) is 22.8 Å². The van der Waals surface area contributed by atoms with Gasteiger partial charge in [0.25, 0.3) is 5.91 Å². The number of likely N-dealkylation sites (tertiary alicyclic amines) is 1. The largest absolute Gasteiger partial charge is 0.490 e. The predicted molar refractivity (Wildman–Crippen MR) is 112 cm³/mol. The summed E-state index contributed by atoms with van der Waals surface area (Å²) in [4.78, 5) is 26.3. The molecule has 0 aromatic heterocycles. The number of amides is 3. The summed E-state index contributed by atoms with van der Waals surface area (Å²) >= 11 is 5.93. The van der Waals surface area contributed by atoms with Gasteiger partial charge in [-0.2, -0.15) is 0 Å². The summed E-state index contributed by atoms with van der Waals surface area (Å²) < 4.78 is 46.9. The third-order valence-corrected chi connectivity index (χ3v) is 4.90. The molecular formula is C21H21ClF3N3O3. The van der Waals surface area contributed by atoms with Gasteiger partial charge in [0.05, 0.1) is 34.7 Å². The van der Waals surface area contributed by atoms with Gasteiger partial charge < -0.3 is 20.3 Å². The van der Waals surface area contributed by atoms with E-state index >= 15 is 0 Å². The SMILES string of the molecule is CC(C)Oc1cc(NC(=O)N2CC(CF)C2)c(F)cc1C(=O)Nc1c(F)cccc1Cl. The van der Waals surface area contributed by atoms with Crippen molar-refractivity contribution < 1.29 is 27.5 Å². The number of hydrogen-bond acceptors (Lipinski definition) is 3. The van der Waals surface area contributed by atoms with Crippen LogP contribution >= 0.6 is 11.6 Å². The molecule has 2 aromatic rings. The Labute approximate surface area is 182 Å². The number of urea groups is 1. The Balaban J connectivity index is 1.85. The molecule has 2 N–H and O–H groups in total.